The standard InChI is InChI=1S/C23H40O20/c24-1-6-10(28)13(31)16(34)21(40-6)38-4-8-12(30)18(42-23-17(35)14(32)11(29)7(2-25)41-23)19(20(36)39-8)43-22-15(33)9(27)5(26)3-37-22/h5-36H,1-4H2/t5-,6-,7-,8-,9+,10-,11-,12-,13+,14+,15-,16+,17+,18+,19+,20-,21+,22+,23-/m1/s1. The molecule has 4 saturated heterocycles. The van der Waals surface area contributed by atoms with Crippen LogP contribution in [0.3, 0.4) is 0 Å². The first-order valence-corrected chi connectivity index (χ1v) is 13.5. The second-order valence-electron chi connectivity index (χ2n) is 10.7. The summed E-state index contributed by atoms with van der Waals surface area (Å²) in [7, 11) is 0. The van der Waals surface area contributed by atoms with Crippen molar-refractivity contribution in [3.8, 4) is 0 Å². The van der Waals surface area contributed by atoms with Gasteiger partial charge in [0.15, 0.2) is 25.2 Å². The van der Waals surface area contributed by atoms with Crippen LogP contribution in [0.4, 0.5) is 0 Å². The molecule has 0 aromatic rings. The Morgan fingerprint density at radius 3 is 1.58 bits per heavy atom. The molecule has 0 saturated carbocycles. The van der Waals surface area contributed by atoms with Crippen LogP contribution >= 0.6 is 0 Å². The molecule has 0 radical (unpaired) electrons. The van der Waals surface area contributed by atoms with Gasteiger partial charge < -0.3 is 99.5 Å². The highest BCUT2D eigenvalue weighted by Gasteiger charge is 2.54. The molecule has 0 aromatic carbocycles. The van der Waals surface area contributed by atoms with Crippen LogP contribution in [0, 0.1) is 0 Å². The summed E-state index contributed by atoms with van der Waals surface area (Å²) in [4.78, 5) is 0. The number of aliphatic hydroxyl groups excluding tert-OH is 13. The zero-order chi connectivity index (χ0) is 31.7. The van der Waals surface area contributed by atoms with E-state index in [2.05, 4.69) is 0 Å². The van der Waals surface area contributed by atoms with Gasteiger partial charge in [-0.25, -0.2) is 0 Å². The molecular formula is C23H40O20. The molecule has 4 aliphatic rings. The van der Waals surface area contributed by atoms with E-state index in [1.54, 1.807) is 0 Å². The van der Waals surface area contributed by atoms with E-state index >= 15 is 0 Å². The largest absolute Gasteiger partial charge is 0.394 e. The minimum atomic E-state index is -2.04. The molecule has 0 bridgehead atoms. The Balaban J connectivity index is 1.53. The van der Waals surface area contributed by atoms with Crippen molar-refractivity contribution in [2.45, 2.75) is 117 Å². The summed E-state index contributed by atoms with van der Waals surface area (Å²) in [6.45, 7) is -2.76. The van der Waals surface area contributed by atoms with Crippen LogP contribution < -0.4 is 0 Å². The second kappa shape index (κ2) is 14.7. The Kier molecular flexibility index (Phi) is 12.0. The van der Waals surface area contributed by atoms with Gasteiger partial charge in [0.05, 0.1) is 26.4 Å². The topological polar surface area (TPSA) is 328 Å². The first-order valence-electron chi connectivity index (χ1n) is 13.5. The molecule has 0 amide bonds. The molecule has 4 aliphatic heterocycles. The molecule has 0 aliphatic carbocycles. The summed E-state index contributed by atoms with van der Waals surface area (Å²) in [5.74, 6) is 0. The summed E-state index contributed by atoms with van der Waals surface area (Å²) in [5, 5.41) is 132. The molecule has 252 valence electrons. The van der Waals surface area contributed by atoms with Gasteiger partial charge in [-0.2, -0.15) is 0 Å². The van der Waals surface area contributed by atoms with Crippen molar-refractivity contribution >= 4 is 0 Å². The van der Waals surface area contributed by atoms with Crippen molar-refractivity contribution in [1.82, 2.24) is 0 Å². The number of aliphatic hydroxyl groups is 13. The summed E-state index contributed by atoms with van der Waals surface area (Å²) in [5.41, 5.74) is 0. The van der Waals surface area contributed by atoms with Crippen LogP contribution in [-0.2, 0) is 33.2 Å². The van der Waals surface area contributed by atoms with E-state index in [0.29, 0.717) is 0 Å². The van der Waals surface area contributed by atoms with Gasteiger partial charge in [0, 0.05) is 0 Å². The van der Waals surface area contributed by atoms with Gasteiger partial charge in [0.2, 0.25) is 0 Å². The van der Waals surface area contributed by atoms with Crippen LogP contribution in [0.2, 0.25) is 0 Å². The average molecular weight is 637 g/mol. The molecule has 0 aromatic heterocycles. The SMILES string of the molecule is OC[C@H]1O[C@H](OC[C@H]2O[C@@H](O)[C@@H](O[C@@H]3OC[C@@H](O)[C@H](O)[C@H]3O)[C@@H](O[C@H]3O[C@H](CO)[C@@H](O)[C@H](O)[C@@H]3O)[C@@H]2O)[C@@H](O)[C@@H](O)[C@@H]1O. The van der Waals surface area contributed by atoms with Gasteiger partial charge in [0.1, 0.15) is 91.6 Å². The lowest BCUT2D eigenvalue weighted by atomic mass is 9.96. The van der Waals surface area contributed by atoms with E-state index in [4.69, 9.17) is 33.2 Å². The molecule has 13 N–H and O–H groups in total. The maximum absolute atomic E-state index is 11.2. The summed E-state index contributed by atoms with van der Waals surface area (Å²) < 4.78 is 37.7. The highest BCUT2D eigenvalue weighted by molar-refractivity contribution is 4.96. The predicted octanol–water partition coefficient (Wildman–Crippen LogP) is -9.11. The van der Waals surface area contributed by atoms with Crippen molar-refractivity contribution < 1.29 is 99.5 Å². The molecule has 20 heteroatoms. The summed E-state index contributed by atoms with van der Waals surface area (Å²) in [6.07, 6.45) is -33.0. The van der Waals surface area contributed by atoms with Gasteiger partial charge in [-0.1, -0.05) is 0 Å². The Labute approximate surface area is 243 Å². The summed E-state index contributed by atoms with van der Waals surface area (Å²) >= 11 is 0. The number of hydrogen-bond acceptors (Lipinski definition) is 20. The monoisotopic (exact) mass is 636 g/mol. The zero-order valence-electron chi connectivity index (χ0n) is 22.5. The third-order valence-corrected chi connectivity index (χ3v) is 7.79. The summed E-state index contributed by atoms with van der Waals surface area (Å²) in [6, 6.07) is 0. The van der Waals surface area contributed by atoms with Crippen LogP contribution in [0.1, 0.15) is 0 Å². The van der Waals surface area contributed by atoms with Gasteiger partial charge in [-0.05, 0) is 0 Å². The molecule has 4 fully saturated rings. The first-order chi connectivity index (χ1) is 20.3. The van der Waals surface area contributed by atoms with E-state index in [-0.39, 0.29) is 0 Å². The fourth-order valence-electron chi connectivity index (χ4n) is 5.13. The fraction of sp³-hybridized carbons (Fsp3) is 1.00. The van der Waals surface area contributed by atoms with Crippen molar-refractivity contribution in [3.05, 3.63) is 0 Å². The minimum Gasteiger partial charge on any atom is -0.394 e. The van der Waals surface area contributed by atoms with Crippen LogP contribution in [-0.4, -0.2) is 210 Å². The molecule has 43 heavy (non-hydrogen) atoms. The third kappa shape index (κ3) is 7.29. The lowest BCUT2D eigenvalue weighted by Gasteiger charge is -2.48. The molecule has 4 heterocycles. The Morgan fingerprint density at radius 1 is 0.488 bits per heavy atom. The lowest BCUT2D eigenvalue weighted by Crippen LogP contribution is -2.66. The molecule has 0 spiro atoms. The Bertz CT molecular complexity index is 867. The van der Waals surface area contributed by atoms with Gasteiger partial charge in [-0.3, -0.25) is 0 Å². The molecular weight excluding hydrogens is 596 g/mol. The molecule has 4 rings (SSSR count). The van der Waals surface area contributed by atoms with Gasteiger partial charge >= 0.3 is 0 Å². The number of rotatable bonds is 9. The van der Waals surface area contributed by atoms with Crippen LogP contribution in [0.25, 0.3) is 0 Å². The third-order valence-electron chi connectivity index (χ3n) is 7.79. The van der Waals surface area contributed by atoms with E-state index < -0.39 is 143 Å². The quantitative estimate of drug-likeness (QED) is 0.112. The zero-order valence-corrected chi connectivity index (χ0v) is 22.5. The van der Waals surface area contributed by atoms with E-state index in [0.717, 1.165) is 0 Å². The smallest absolute Gasteiger partial charge is 0.187 e. The maximum Gasteiger partial charge on any atom is 0.187 e. The molecule has 19 atom stereocenters. The second-order valence-corrected chi connectivity index (χ2v) is 10.7. The first kappa shape index (κ1) is 35.1. The maximum atomic E-state index is 11.2. The van der Waals surface area contributed by atoms with Crippen LogP contribution in [0.15, 0.2) is 0 Å². The molecule has 20 nitrogen and oxygen atoms in total. The van der Waals surface area contributed by atoms with E-state index in [1.807, 2.05) is 0 Å². The lowest BCUT2D eigenvalue weighted by molar-refractivity contribution is -0.385. The van der Waals surface area contributed by atoms with E-state index in [1.165, 1.54) is 0 Å². The van der Waals surface area contributed by atoms with E-state index in [9.17, 15) is 66.4 Å². The Morgan fingerprint density at radius 2 is 1.00 bits per heavy atom. The number of hydrogen-bond donors (Lipinski definition) is 13. The highest BCUT2D eigenvalue weighted by Crippen LogP contribution is 2.33. The number of ether oxygens (including phenoxy) is 7. The highest BCUT2D eigenvalue weighted by atomic mass is 16.8. The van der Waals surface area contributed by atoms with Crippen molar-refractivity contribution in [1.29, 1.82) is 0 Å². The van der Waals surface area contributed by atoms with Gasteiger partial charge in [0.25, 0.3) is 0 Å². The molecule has 0 unspecified atom stereocenters. The van der Waals surface area contributed by atoms with Crippen LogP contribution in [0.5, 0.6) is 0 Å². The Hall–Kier alpha value is -0.800. The van der Waals surface area contributed by atoms with Crippen molar-refractivity contribution in [2.75, 3.05) is 26.4 Å². The van der Waals surface area contributed by atoms with Crippen molar-refractivity contribution in [3.63, 3.8) is 0 Å². The minimum absolute atomic E-state index is 0.497. The average Bonchev–Trinajstić information content (AvgIpc) is 2.99. The normalized spacial score (nSPS) is 53.1. The van der Waals surface area contributed by atoms with Crippen molar-refractivity contribution in [2.24, 2.45) is 0 Å². The fourth-order valence-corrected chi connectivity index (χ4v) is 5.13. The predicted molar refractivity (Wildman–Crippen MR) is 128 cm³/mol. The van der Waals surface area contributed by atoms with Gasteiger partial charge in [-0.15, -0.1) is 0 Å².